The molecular weight excluding hydrogens is 208 g/mol. The van der Waals surface area contributed by atoms with Gasteiger partial charge in [-0.1, -0.05) is 48.5 Å². The van der Waals surface area contributed by atoms with E-state index in [9.17, 15) is 0 Å². The third kappa shape index (κ3) is 3.96. The Hall–Kier alpha value is -0.0800. The van der Waals surface area contributed by atoms with Crippen molar-refractivity contribution in [3.05, 3.63) is 0 Å². The molecule has 1 saturated heterocycles. The molecule has 1 aliphatic rings. The van der Waals surface area contributed by atoms with Gasteiger partial charge in [0.1, 0.15) is 0 Å². The SMILES string of the molecule is CCCN1CNC(C(C)(C)C)C(C(C)(C)C)C1. The molecule has 1 aliphatic heterocycles. The van der Waals surface area contributed by atoms with Gasteiger partial charge < -0.3 is 5.32 Å². The first-order chi connectivity index (χ1) is 7.66. The summed E-state index contributed by atoms with van der Waals surface area (Å²) in [6.07, 6.45) is 1.25. The van der Waals surface area contributed by atoms with Crippen molar-refractivity contribution in [2.24, 2.45) is 16.7 Å². The number of hydrogen-bond donors (Lipinski definition) is 1. The Morgan fingerprint density at radius 1 is 1.06 bits per heavy atom. The molecule has 0 bridgehead atoms. The van der Waals surface area contributed by atoms with Gasteiger partial charge in [0.05, 0.1) is 0 Å². The molecule has 0 aliphatic carbocycles. The van der Waals surface area contributed by atoms with E-state index in [-0.39, 0.29) is 0 Å². The molecular formula is C15H32N2. The first-order valence-corrected chi connectivity index (χ1v) is 7.12. The van der Waals surface area contributed by atoms with E-state index in [1.165, 1.54) is 19.5 Å². The average Bonchev–Trinajstić information content (AvgIpc) is 2.15. The molecule has 2 heteroatoms. The van der Waals surface area contributed by atoms with E-state index in [0.29, 0.717) is 16.9 Å². The molecule has 2 atom stereocenters. The topological polar surface area (TPSA) is 15.3 Å². The van der Waals surface area contributed by atoms with Crippen LogP contribution in [-0.4, -0.2) is 30.7 Å². The summed E-state index contributed by atoms with van der Waals surface area (Å²) in [5.74, 6) is 0.725. The van der Waals surface area contributed by atoms with Crippen LogP contribution in [0.25, 0.3) is 0 Å². The van der Waals surface area contributed by atoms with Crippen LogP contribution in [-0.2, 0) is 0 Å². The van der Waals surface area contributed by atoms with Crippen LogP contribution in [0.2, 0.25) is 0 Å². The standard InChI is InChI=1S/C15H32N2/c1-8-9-17-10-12(14(2,3)4)13(16-11-17)15(5,6)7/h12-13,16H,8-11H2,1-7H3. The van der Waals surface area contributed by atoms with Crippen LogP contribution < -0.4 is 5.32 Å². The number of rotatable bonds is 2. The lowest BCUT2D eigenvalue weighted by molar-refractivity contribution is 0.0140. The molecule has 1 heterocycles. The Labute approximate surface area is 108 Å². The Balaban J connectivity index is 2.80. The van der Waals surface area contributed by atoms with E-state index in [1.807, 2.05) is 0 Å². The fourth-order valence-corrected chi connectivity index (χ4v) is 2.99. The van der Waals surface area contributed by atoms with Gasteiger partial charge in [0, 0.05) is 19.3 Å². The molecule has 1 N–H and O–H groups in total. The van der Waals surface area contributed by atoms with Gasteiger partial charge in [0.25, 0.3) is 0 Å². The highest BCUT2D eigenvalue weighted by atomic mass is 15.3. The number of nitrogens with one attached hydrogen (secondary N) is 1. The zero-order valence-electron chi connectivity index (χ0n) is 12.9. The molecule has 102 valence electrons. The summed E-state index contributed by atoms with van der Waals surface area (Å²) in [7, 11) is 0. The second-order valence-electron chi connectivity index (χ2n) is 7.76. The zero-order chi connectivity index (χ0) is 13.3. The largest absolute Gasteiger partial charge is 0.301 e. The highest BCUT2D eigenvalue weighted by molar-refractivity contribution is 4.96. The highest BCUT2D eigenvalue weighted by Gasteiger charge is 2.41. The van der Waals surface area contributed by atoms with Crippen molar-refractivity contribution in [2.45, 2.75) is 60.9 Å². The van der Waals surface area contributed by atoms with Crippen LogP contribution >= 0.6 is 0 Å². The maximum atomic E-state index is 3.78. The van der Waals surface area contributed by atoms with E-state index < -0.39 is 0 Å². The van der Waals surface area contributed by atoms with Crippen molar-refractivity contribution in [1.29, 1.82) is 0 Å². The molecule has 1 rings (SSSR count). The first-order valence-electron chi connectivity index (χ1n) is 7.12. The van der Waals surface area contributed by atoms with Gasteiger partial charge >= 0.3 is 0 Å². The molecule has 0 aromatic rings. The zero-order valence-corrected chi connectivity index (χ0v) is 12.9. The quantitative estimate of drug-likeness (QED) is 0.796. The Morgan fingerprint density at radius 3 is 2.06 bits per heavy atom. The molecule has 0 aromatic carbocycles. The third-order valence-corrected chi connectivity index (χ3v) is 3.98. The van der Waals surface area contributed by atoms with E-state index in [1.54, 1.807) is 0 Å². The lowest BCUT2D eigenvalue weighted by Crippen LogP contribution is -2.61. The lowest BCUT2D eigenvalue weighted by Gasteiger charge is -2.50. The summed E-state index contributed by atoms with van der Waals surface area (Å²) < 4.78 is 0. The molecule has 17 heavy (non-hydrogen) atoms. The molecule has 0 aromatic heterocycles. The van der Waals surface area contributed by atoms with E-state index in [4.69, 9.17) is 0 Å². The molecule has 0 amide bonds. The Bertz CT molecular complexity index is 234. The van der Waals surface area contributed by atoms with Crippen molar-refractivity contribution < 1.29 is 0 Å². The molecule has 0 spiro atoms. The predicted octanol–water partition coefficient (Wildman–Crippen LogP) is 3.34. The van der Waals surface area contributed by atoms with Crippen LogP contribution in [0.1, 0.15) is 54.9 Å². The summed E-state index contributed by atoms with van der Waals surface area (Å²) in [4.78, 5) is 2.57. The maximum Gasteiger partial charge on any atom is 0.0482 e. The molecule has 0 saturated carbocycles. The van der Waals surface area contributed by atoms with Gasteiger partial charge in [-0.25, -0.2) is 0 Å². The van der Waals surface area contributed by atoms with Crippen molar-refractivity contribution >= 4 is 0 Å². The van der Waals surface area contributed by atoms with Gasteiger partial charge in [-0.05, 0) is 29.7 Å². The van der Waals surface area contributed by atoms with Crippen molar-refractivity contribution in [3.63, 3.8) is 0 Å². The van der Waals surface area contributed by atoms with Crippen LogP contribution in [0.15, 0.2) is 0 Å². The van der Waals surface area contributed by atoms with Crippen LogP contribution in [0.5, 0.6) is 0 Å². The Morgan fingerprint density at radius 2 is 1.65 bits per heavy atom. The van der Waals surface area contributed by atoms with Gasteiger partial charge in [-0.3, -0.25) is 4.90 Å². The van der Waals surface area contributed by atoms with Gasteiger partial charge in [-0.2, -0.15) is 0 Å². The number of hydrogen-bond acceptors (Lipinski definition) is 2. The fraction of sp³-hybridized carbons (Fsp3) is 1.00. The van der Waals surface area contributed by atoms with E-state index in [2.05, 4.69) is 58.7 Å². The van der Waals surface area contributed by atoms with Crippen molar-refractivity contribution in [3.8, 4) is 0 Å². The van der Waals surface area contributed by atoms with Crippen LogP contribution in [0.3, 0.4) is 0 Å². The second-order valence-corrected chi connectivity index (χ2v) is 7.76. The summed E-state index contributed by atoms with van der Waals surface area (Å²) in [6.45, 7) is 20.0. The summed E-state index contributed by atoms with van der Waals surface area (Å²) in [6, 6.07) is 0.621. The molecule has 1 fully saturated rings. The first kappa shape index (κ1) is 15.0. The minimum Gasteiger partial charge on any atom is -0.301 e. The van der Waals surface area contributed by atoms with Gasteiger partial charge in [0.15, 0.2) is 0 Å². The van der Waals surface area contributed by atoms with Crippen LogP contribution in [0, 0.1) is 16.7 Å². The fourth-order valence-electron chi connectivity index (χ4n) is 2.99. The Kier molecular flexibility index (Phi) is 4.65. The minimum atomic E-state index is 0.344. The monoisotopic (exact) mass is 240 g/mol. The van der Waals surface area contributed by atoms with Crippen LogP contribution in [0.4, 0.5) is 0 Å². The van der Waals surface area contributed by atoms with E-state index >= 15 is 0 Å². The molecule has 0 radical (unpaired) electrons. The highest BCUT2D eigenvalue weighted by Crippen LogP contribution is 2.38. The summed E-state index contributed by atoms with van der Waals surface area (Å²) in [5, 5.41) is 3.78. The lowest BCUT2D eigenvalue weighted by atomic mass is 9.67. The average molecular weight is 240 g/mol. The van der Waals surface area contributed by atoms with Crippen molar-refractivity contribution in [2.75, 3.05) is 19.8 Å². The summed E-state index contributed by atoms with van der Waals surface area (Å²) in [5.41, 5.74) is 0.716. The number of nitrogens with zero attached hydrogens (tertiary/aromatic N) is 1. The summed E-state index contributed by atoms with van der Waals surface area (Å²) >= 11 is 0. The maximum absolute atomic E-state index is 3.78. The van der Waals surface area contributed by atoms with Gasteiger partial charge in [0.2, 0.25) is 0 Å². The molecule has 2 unspecified atom stereocenters. The third-order valence-electron chi connectivity index (χ3n) is 3.98. The normalized spacial score (nSPS) is 28.4. The van der Waals surface area contributed by atoms with E-state index in [0.717, 1.165) is 12.6 Å². The molecule has 2 nitrogen and oxygen atoms in total. The smallest absolute Gasteiger partial charge is 0.0482 e. The second kappa shape index (κ2) is 5.27. The van der Waals surface area contributed by atoms with Gasteiger partial charge in [-0.15, -0.1) is 0 Å². The minimum absolute atomic E-state index is 0.344. The van der Waals surface area contributed by atoms with Crippen molar-refractivity contribution in [1.82, 2.24) is 10.2 Å². The predicted molar refractivity (Wildman–Crippen MR) is 76.1 cm³/mol.